The summed E-state index contributed by atoms with van der Waals surface area (Å²) in [6, 6.07) is 2.36. The normalized spacial score (nSPS) is 21.8. The van der Waals surface area contributed by atoms with Crippen LogP contribution in [-0.2, 0) is 17.0 Å². The number of halogens is 3. The highest BCUT2D eigenvalue weighted by Gasteiger charge is 2.30. The van der Waals surface area contributed by atoms with Crippen molar-refractivity contribution in [2.24, 2.45) is 4.99 Å². The molecule has 2 N–H and O–H groups in total. The monoisotopic (exact) mass is 420 g/mol. The third-order valence-electron chi connectivity index (χ3n) is 4.55. The predicted octanol–water partition coefficient (Wildman–Crippen LogP) is 2.72. The van der Waals surface area contributed by atoms with E-state index in [1.807, 2.05) is 6.92 Å². The average Bonchev–Trinajstić information content (AvgIpc) is 2.69. The Labute approximate surface area is 165 Å². The standard InChI is InChI=1S/C18H27F3N4O2S/c1-3-28(26)15-6-4-5-14(11-15)25-17(22-2)23-9-10-27-16-8-7-13(12-24-16)18(19,20)21/h7-8,12,14-15H,3-6,9-11H2,1-2H3,(H2,22,23,25). The lowest BCUT2D eigenvalue weighted by atomic mass is 9.95. The number of ether oxygens (including phenoxy) is 1. The van der Waals surface area contributed by atoms with Crippen LogP contribution < -0.4 is 15.4 Å². The fourth-order valence-corrected chi connectivity index (χ4v) is 4.44. The maximum Gasteiger partial charge on any atom is 0.417 e. The Kier molecular flexibility index (Phi) is 8.53. The summed E-state index contributed by atoms with van der Waals surface area (Å²) in [4.78, 5) is 7.84. The van der Waals surface area contributed by atoms with Gasteiger partial charge in [-0.2, -0.15) is 13.2 Å². The Morgan fingerprint density at radius 1 is 1.39 bits per heavy atom. The van der Waals surface area contributed by atoms with Crippen molar-refractivity contribution in [3.63, 3.8) is 0 Å². The molecule has 0 spiro atoms. The number of rotatable bonds is 7. The number of hydrogen-bond acceptors (Lipinski definition) is 4. The summed E-state index contributed by atoms with van der Waals surface area (Å²) in [6.45, 7) is 2.59. The van der Waals surface area contributed by atoms with Gasteiger partial charge < -0.3 is 15.4 Å². The van der Waals surface area contributed by atoms with Crippen molar-refractivity contribution in [3.8, 4) is 5.88 Å². The van der Waals surface area contributed by atoms with Crippen molar-refractivity contribution in [3.05, 3.63) is 23.9 Å². The van der Waals surface area contributed by atoms with Crippen molar-refractivity contribution < 1.29 is 22.1 Å². The number of alkyl halides is 3. The van der Waals surface area contributed by atoms with E-state index >= 15 is 0 Å². The molecule has 6 nitrogen and oxygen atoms in total. The molecule has 1 aliphatic carbocycles. The second kappa shape index (κ2) is 10.6. The minimum absolute atomic E-state index is 0.134. The summed E-state index contributed by atoms with van der Waals surface area (Å²) in [6.07, 6.45) is 0.236. The Bertz CT molecular complexity index is 668. The minimum atomic E-state index is -4.41. The Balaban J connectivity index is 1.73. The van der Waals surface area contributed by atoms with Crippen molar-refractivity contribution in [1.29, 1.82) is 0 Å². The van der Waals surface area contributed by atoms with Gasteiger partial charge in [0, 0.05) is 47.2 Å². The Hall–Kier alpha value is -1.84. The molecule has 2 rings (SSSR count). The first-order valence-corrected chi connectivity index (χ1v) is 10.7. The highest BCUT2D eigenvalue weighted by Crippen LogP contribution is 2.29. The maximum absolute atomic E-state index is 12.5. The Morgan fingerprint density at radius 2 is 2.18 bits per heavy atom. The molecule has 1 heterocycles. The summed E-state index contributed by atoms with van der Waals surface area (Å²) in [5.41, 5.74) is -0.808. The zero-order valence-electron chi connectivity index (χ0n) is 16.1. The number of nitrogens with zero attached hydrogens (tertiary/aromatic N) is 2. The van der Waals surface area contributed by atoms with Crippen molar-refractivity contribution in [2.45, 2.75) is 50.1 Å². The molecule has 3 atom stereocenters. The van der Waals surface area contributed by atoms with Crippen LogP contribution >= 0.6 is 0 Å². The molecular formula is C18H27F3N4O2S. The lowest BCUT2D eigenvalue weighted by molar-refractivity contribution is -0.137. The van der Waals surface area contributed by atoms with E-state index in [0.717, 1.165) is 37.9 Å². The molecule has 1 aliphatic rings. The van der Waals surface area contributed by atoms with Crippen LogP contribution in [0.4, 0.5) is 13.2 Å². The molecule has 0 saturated heterocycles. The molecule has 28 heavy (non-hydrogen) atoms. The summed E-state index contributed by atoms with van der Waals surface area (Å²) in [5, 5.41) is 6.68. The molecule has 10 heteroatoms. The largest absolute Gasteiger partial charge is 0.476 e. The number of hydrogen-bond donors (Lipinski definition) is 2. The van der Waals surface area contributed by atoms with E-state index in [1.54, 1.807) is 7.05 Å². The van der Waals surface area contributed by atoms with Crippen LogP contribution in [-0.4, -0.2) is 52.4 Å². The average molecular weight is 421 g/mol. The highest BCUT2D eigenvalue weighted by molar-refractivity contribution is 7.85. The van der Waals surface area contributed by atoms with E-state index in [4.69, 9.17) is 4.74 Å². The van der Waals surface area contributed by atoms with Crippen molar-refractivity contribution in [1.82, 2.24) is 15.6 Å². The highest BCUT2D eigenvalue weighted by atomic mass is 32.2. The van der Waals surface area contributed by atoms with Crippen LogP contribution in [0.1, 0.15) is 38.2 Å². The molecule has 3 unspecified atom stereocenters. The third-order valence-corrected chi connectivity index (χ3v) is 6.30. The van der Waals surface area contributed by atoms with Gasteiger partial charge in [-0.05, 0) is 25.3 Å². The van der Waals surface area contributed by atoms with Crippen LogP contribution in [0, 0.1) is 0 Å². The van der Waals surface area contributed by atoms with Gasteiger partial charge in [0.15, 0.2) is 5.96 Å². The van der Waals surface area contributed by atoms with Crippen LogP contribution in [0.3, 0.4) is 0 Å². The fraction of sp³-hybridized carbons (Fsp3) is 0.667. The smallest absolute Gasteiger partial charge is 0.417 e. The fourth-order valence-electron chi connectivity index (χ4n) is 3.10. The first-order valence-electron chi connectivity index (χ1n) is 9.34. The van der Waals surface area contributed by atoms with Crippen LogP contribution in [0.15, 0.2) is 23.3 Å². The minimum Gasteiger partial charge on any atom is -0.476 e. The van der Waals surface area contributed by atoms with Gasteiger partial charge in [-0.15, -0.1) is 0 Å². The first kappa shape index (κ1) is 22.4. The third kappa shape index (κ3) is 6.96. The molecule has 0 bridgehead atoms. The van der Waals surface area contributed by atoms with Gasteiger partial charge in [0.2, 0.25) is 5.88 Å². The SMILES string of the molecule is CCS(=O)C1CCCC(NC(=NC)NCCOc2ccc(C(F)(F)F)cn2)C1. The van der Waals surface area contributed by atoms with Crippen molar-refractivity contribution >= 4 is 16.8 Å². The van der Waals surface area contributed by atoms with Gasteiger partial charge in [0.05, 0.1) is 12.1 Å². The second-order valence-electron chi connectivity index (χ2n) is 6.53. The zero-order valence-corrected chi connectivity index (χ0v) is 16.9. The zero-order chi connectivity index (χ0) is 20.6. The molecule has 158 valence electrons. The first-order chi connectivity index (χ1) is 13.3. The lowest BCUT2D eigenvalue weighted by Crippen LogP contribution is -2.47. The van der Waals surface area contributed by atoms with E-state index < -0.39 is 22.5 Å². The summed E-state index contributed by atoms with van der Waals surface area (Å²) in [5.74, 6) is 1.44. The number of pyridine rings is 1. The second-order valence-corrected chi connectivity index (χ2v) is 8.54. The molecule has 1 aromatic heterocycles. The van der Waals surface area contributed by atoms with E-state index in [9.17, 15) is 17.4 Å². The van der Waals surface area contributed by atoms with E-state index in [2.05, 4.69) is 20.6 Å². The molecular weight excluding hydrogens is 393 g/mol. The number of aliphatic imine (C=N–C) groups is 1. The van der Waals surface area contributed by atoms with Crippen LogP contribution in [0.25, 0.3) is 0 Å². The number of guanidine groups is 1. The predicted molar refractivity (Wildman–Crippen MR) is 104 cm³/mol. The van der Waals surface area contributed by atoms with E-state index in [-0.39, 0.29) is 23.8 Å². The van der Waals surface area contributed by atoms with Gasteiger partial charge in [0.1, 0.15) is 6.61 Å². The van der Waals surface area contributed by atoms with Gasteiger partial charge in [-0.25, -0.2) is 4.98 Å². The topological polar surface area (TPSA) is 75.6 Å². The van der Waals surface area contributed by atoms with E-state index in [0.29, 0.717) is 18.3 Å². The molecule has 1 saturated carbocycles. The quantitative estimate of drug-likeness (QED) is 0.403. The summed E-state index contributed by atoms with van der Waals surface area (Å²) in [7, 11) is 0.881. The molecule has 1 fully saturated rings. The Morgan fingerprint density at radius 3 is 2.79 bits per heavy atom. The molecule has 0 aliphatic heterocycles. The maximum atomic E-state index is 12.5. The van der Waals surface area contributed by atoms with Gasteiger partial charge in [0.25, 0.3) is 0 Å². The molecule has 0 aromatic carbocycles. The van der Waals surface area contributed by atoms with Gasteiger partial charge >= 0.3 is 6.18 Å². The van der Waals surface area contributed by atoms with Crippen LogP contribution in [0.5, 0.6) is 5.88 Å². The molecule has 0 amide bonds. The van der Waals surface area contributed by atoms with Gasteiger partial charge in [-0.3, -0.25) is 9.20 Å². The van der Waals surface area contributed by atoms with Gasteiger partial charge in [-0.1, -0.05) is 13.3 Å². The summed E-state index contributed by atoms with van der Waals surface area (Å²) >= 11 is 0. The van der Waals surface area contributed by atoms with Crippen molar-refractivity contribution in [2.75, 3.05) is 26.0 Å². The van der Waals surface area contributed by atoms with Crippen LogP contribution in [0.2, 0.25) is 0 Å². The number of nitrogens with one attached hydrogen (secondary N) is 2. The summed E-state index contributed by atoms with van der Waals surface area (Å²) < 4.78 is 54.9. The molecule has 1 aromatic rings. The van der Waals surface area contributed by atoms with E-state index in [1.165, 1.54) is 6.07 Å². The lowest BCUT2D eigenvalue weighted by Gasteiger charge is -2.30. The number of aromatic nitrogens is 1. The molecule has 0 radical (unpaired) electrons.